The fourth-order valence-electron chi connectivity index (χ4n) is 1.33. The second-order valence-corrected chi connectivity index (χ2v) is 3.63. The van der Waals surface area contributed by atoms with Gasteiger partial charge in [-0.2, -0.15) is 0 Å². The number of aliphatic carboxylic acids is 1. The standard InChI is InChI=1S/C14H17NO2/c1-15-11-3-2-4-12-5-7-13(8-6-12)9-10-14(16)17/h2,4-10,15H,3,11H2,1H3,(H,16,17)/b4-2?,10-9+. The highest BCUT2D eigenvalue weighted by Gasteiger charge is 1.90. The molecule has 0 aliphatic carbocycles. The van der Waals surface area contributed by atoms with Crippen molar-refractivity contribution in [3.8, 4) is 0 Å². The van der Waals surface area contributed by atoms with Crippen LogP contribution in [0.25, 0.3) is 12.2 Å². The number of nitrogens with one attached hydrogen (secondary N) is 1. The van der Waals surface area contributed by atoms with Crippen LogP contribution in [-0.4, -0.2) is 24.7 Å². The first kappa shape index (κ1) is 13.2. The molecule has 1 aromatic rings. The molecule has 2 N–H and O–H groups in total. The van der Waals surface area contributed by atoms with E-state index in [9.17, 15) is 4.79 Å². The van der Waals surface area contributed by atoms with E-state index in [0.717, 1.165) is 30.2 Å². The first-order valence-electron chi connectivity index (χ1n) is 5.54. The molecule has 0 aromatic heterocycles. The lowest BCUT2D eigenvalue weighted by Gasteiger charge is -1.96. The molecule has 90 valence electrons. The third-order valence-electron chi connectivity index (χ3n) is 2.23. The second-order valence-electron chi connectivity index (χ2n) is 3.63. The van der Waals surface area contributed by atoms with Crippen LogP contribution in [0, 0.1) is 0 Å². The number of hydrogen-bond donors (Lipinski definition) is 2. The number of carboxylic acid groups (broad SMARTS) is 1. The zero-order valence-electron chi connectivity index (χ0n) is 9.89. The highest BCUT2D eigenvalue weighted by molar-refractivity contribution is 5.85. The summed E-state index contributed by atoms with van der Waals surface area (Å²) in [5.74, 6) is -0.930. The Morgan fingerprint density at radius 3 is 2.35 bits per heavy atom. The quantitative estimate of drug-likeness (QED) is 0.584. The van der Waals surface area contributed by atoms with Crippen molar-refractivity contribution < 1.29 is 9.90 Å². The minimum atomic E-state index is -0.930. The Balaban J connectivity index is 2.55. The minimum Gasteiger partial charge on any atom is -0.478 e. The zero-order valence-corrected chi connectivity index (χ0v) is 9.89. The van der Waals surface area contributed by atoms with Crippen LogP contribution in [-0.2, 0) is 4.79 Å². The molecule has 0 unspecified atom stereocenters. The molecule has 0 saturated heterocycles. The van der Waals surface area contributed by atoms with Gasteiger partial charge in [0.15, 0.2) is 0 Å². The van der Waals surface area contributed by atoms with Gasteiger partial charge >= 0.3 is 5.97 Å². The van der Waals surface area contributed by atoms with Crippen molar-refractivity contribution >= 4 is 18.1 Å². The van der Waals surface area contributed by atoms with Gasteiger partial charge in [0.2, 0.25) is 0 Å². The van der Waals surface area contributed by atoms with Crippen molar-refractivity contribution in [3.05, 3.63) is 47.5 Å². The molecule has 0 radical (unpaired) electrons. The highest BCUT2D eigenvalue weighted by Crippen LogP contribution is 2.08. The molecule has 1 rings (SSSR count). The Morgan fingerprint density at radius 2 is 1.82 bits per heavy atom. The van der Waals surface area contributed by atoms with Crippen LogP contribution in [0.15, 0.2) is 36.4 Å². The number of carbonyl (C=O) groups is 1. The summed E-state index contributed by atoms with van der Waals surface area (Å²) >= 11 is 0. The van der Waals surface area contributed by atoms with E-state index in [2.05, 4.69) is 17.5 Å². The molecule has 0 bridgehead atoms. The van der Waals surface area contributed by atoms with Gasteiger partial charge in [0, 0.05) is 6.08 Å². The van der Waals surface area contributed by atoms with E-state index in [1.165, 1.54) is 0 Å². The Kier molecular flexibility index (Phi) is 5.75. The maximum absolute atomic E-state index is 10.3. The van der Waals surface area contributed by atoms with Crippen LogP contribution in [0.2, 0.25) is 0 Å². The van der Waals surface area contributed by atoms with E-state index in [1.807, 2.05) is 31.3 Å². The predicted octanol–water partition coefficient (Wildman–Crippen LogP) is 2.41. The van der Waals surface area contributed by atoms with Crippen molar-refractivity contribution in [2.75, 3.05) is 13.6 Å². The van der Waals surface area contributed by atoms with Gasteiger partial charge < -0.3 is 10.4 Å². The lowest BCUT2D eigenvalue weighted by Crippen LogP contribution is -2.05. The Hall–Kier alpha value is -1.87. The van der Waals surface area contributed by atoms with Crippen molar-refractivity contribution in [1.29, 1.82) is 0 Å². The number of carboxylic acids is 1. The van der Waals surface area contributed by atoms with Crippen LogP contribution in [0.5, 0.6) is 0 Å². The molecule has 0 heterocycles. The summed E-state index contributed by atoms with van der Waals surface area (Å²) in [5, 5.41) is 11.6. The predicted molar refractivity (Wildman–Crippen MR) is 70.7 cm³/mol. The van der Waals surface area contributed by atoms with Gasteiger partial charge in [0.25, 0.3) is 0 Å². The van der Waals surface area contributed by atoms with Gasteiger partial charge in [0.05, 0.1) is 0 Å². The van der Waals surface area contributed by atoms with Gasteiger partial charge in [-0.25, -0.2) is 4.79 Å². The van der Waals surface area contributed by atoms with E-state index >= 15 is 0 Å². The average Bonchev–Trinajstić information content (AvgIpc) is 2.33. The third kappa shape index (κ3) is 5.68. The average molecular weight is 231 g/mol. The normalized spacial score (nSPS) is 11.4. The van der Waals surface area contributed by atoms with Crippen LogP contribution < -0.4 is 5.32 Å². The van der Waals surface area contributed by atoms with Crippen LogP contribution in [0.3, 0.4) is 0 Å². The summed E-state index contributed by atoms with van der Waals surface area (Å²) in [6.45, 7) is 0.968. The summed E-state index contributed by atoms with van der Waals surface area (Å²) < 4.78 is 0. The van der Waals surface area contributed by atoms with Gasteiger partial charge in [0.1, 0.15) is 0 Å². The summed E-state index contributed by atoms with van der Waals surface area (Å²) in [4.78, 5) is 10.3. The van der Waals surface area contributed by atoms with Gasteiger partial charge in [-0.1, -0.05) is 36.4 Å². The Morgan fingerprint density at radius 1 is 1.24 bits per heavy atom. The fraction of sp³-hybridized carbons (Fsp3) is 0.214. The minimum absolute atomic E-state index is 0.889. The third-order valence-corrected chi connectivity index (χ3v) is 2.23. The molecule has 0 fully saturated rings. The van der Waals surface area contributed by atoms with E-state index in [0.29, 0.717) is 0 Å². The van der Waals surface area contributed by atoms with E-state index in [1.54, 1.807) is 6.08 Å². The number of benzene rings is 1. The zero-order chi connectivity index (χ0) is 12.5. The van der Waals surface area contributed by atoms with Crippen molar-refractivity contribution in [2.45, 2.75) is 6.42 Å². The lowest BCUT2D eigenvalue weighted by atomic mass is 10.1. The molecule has 0 spiro atoms. The van der Waals surface area contributed by atoms with Gasteiger partial charge in [-0.05, 0) is 37.2 Å². The summed E-state index contributed by atoms with van der Waals surface area (Å²) in [6, 6.07) is 7.74. The molecule has 3 heteroatoms. The van der Waals surface area contributed by atoms with E-state index in [4.69, 9.17) is 5.11 Å². The fourth-order valence-corrected chi connectivity index (χ4v) is 1.33. The van der Waals surface area contributed by atoms with Gasteiger partial charge in [-0.3, -0.25) is 0 Å². The summed E-state index contributed by atoms with van der Waals surface area (Å²) in [5.41, 5.74) is 2.01. The molecular formula is C14H17NO2. The van der Waals surface area contributed by atoms with Crippen molar-refractivity contribution in [3.63, 3.8) is 0 Å². The summed E-state index contributed by atoms with van der Waals surface area (Å²) in [7, 11) is 1.93. The SMILES string of the molecule is CNCCC=Cc1ccc(/C=C/C(=O)O)cc1. The topological polar surface area (TPSA) is 49.3 Å². The first-order chi connectivity index (χ1) is 8.22. The molecule has 0 aliphatic rings. The lowest BCUT2D eigenvalue weighted by molar-refractivity contribution is -0.131. The molecule has 0 saturated carbocycles. The van der Waals surface area contributed by atoms with E-state index in [-0.39, 0.29) is 0 Å². The van der Waals surface area contributed by atoms with E-state index < -0.39 is 5.97 Å². The van der Waals surface area contributed by atoms with Crippen molar-refractivity contribution in [1.82, 2.24) is 5.32 Å². The maximum atomic E-state index is 10.3. The number of rotatable bonds is 6. The molecule has 0 atom stereocenters. The first-order valence-corrected chi connectivity index (χ1v) is 5.54. The summed E-state index contributed by atoms with van der Waals surface area (Å²) in [6.07, 6.45) is 7.88. The van der Waals surface area contributed by atoms with Crippen molar-refractivity contribution in [2.24, 2.45) is 0 Å². The largest absolute Gasteiger partial charge is 0.478 e. The molecule has 17 heavy (non-hydrogen) atoms. The molecule has 0 amide bonds. The Labute approximate surface area is 101 Å². The van der Waals surface area contributed by atoms with Crippen LogP contribution in [0.1, 0.15) is 17.5 Å². The maximum Gasteiger partial charge on any atom is 0.328 e. The molecule has 1 aromatic carbocycles. The Bertz CT molecular complexity index is 405. The molecule has 0 aliphatic heterocycles. The second kappa shape index (κ2) is 7.41. The highest BCUT2D eigenvalue weighted by atomic mass is 16.4. The number of hydrogen-bond acceptors (Lipinski definition) is 2. The smallest absolute Gasteiger partial charge is 0.328 e. The van der Waals surface area contributed by atoms with Gasteiger partial charge in [-0.15, -0.1) is 0 Å². The van der Waals surface area contributed by atoms with Crippen LogP contribution in [0.4, 0.5) is 0 Å². The molecule has 3 nitrogen and oxygen atoms in total. The molecular weight excluding hydrogens is 214 g/mol. The van der Waals surface area contributed by atoms with Crippen LogP contribution >= 0.6 is 0 Å². The monoisotopic (exact) mass is 231 g/mol.